The Hall–Kier alpha value is -2.52. The minimum Gasteiger partial charge on any atom is -0.493 e. The van der Waals surface area contributed by atoms with Crippen LogP contribution in [0.5, 0.6) is 11.5 Å². The lowest BCUT2D eigenvalue weighted by atomic mass is 9.95. The molecule has 1 aliphatic heterocycles. The van der Waals surface area contributed by atoms with Gasteiger partial charge < -0.3 is 29.6 Å². The maximum Gasteiger partial charge on any atom is 0.344 e. The standard InChI is InChI=1S/C18H21ClN2O6S/c1-5-26-13(22)8-27-16-11(19)6-10(7-12(16)24-3)15-14(17(23)25-4)9(2)20-18(28)21-15/h6-7,15H,5,8H2,1-4H3,(H2,20,21,28)/t15-/m1/s1. The number of thiocarbonyl (C=S) groups is 1. The Bertz CT molecular complexity index is 827. The third kappa shape index (κ3) is 4.85. The van der Waals surface area contributed by atoms with Gasteiger partial charge in [-0.3, -0.25) is 0 Å². The number of nitrogens with one attached hydrogen (secondary N) is 2. The Kier molecular flexibility index (Phi) is 7.47. The Balaban J connectivity index is 2.41. The zero-order valence-corrected chi connectivity index (χ0v) is 17.5. The lowest BCUT2D eigenvalue weighted by molar-refractivity contribution is -0.145. The molecule has 0 aliphatic carbocycles. The van der Waals surface area contributed by atoms with Crippen molar-refractivity contribution < 1.29 is 28.5 Å². The van der Waals surface area contributed by atoms with Gasteiger partial charge >= 0.3 is 11.9 Å². The molecule has 8 nitrogen and oxygen atoms in total. The molecule has 0 bridgehead atoms. The number of hydrogen-bond acceptors (Lipinski definition) is 7. The van der Waals surface area contributed by atoms with Crippen LogP contribution >= 0.6 is 23.8 Å². The van der Waals surface area contributed by atoms with Gasteiger partial charge in [0.1, 0.15) is 0 Å². The molecule has 1 aliphatic rings. The van der Waals surface area contributed by atoms with Crippen molar-refractivity contribution in [2.45, 2.75) is 19.9 Å². The summed E-state index contributed by atoms with van der Waals surface area (Å²) in [5.74, 6) is -0.554. The lowest BCUT2D eigenvalue weighted by Gasteiger charge is -2.30. The average Bonchev–Trinajstić information content (AvgIpc) is 2.65. The van der Waals surface area contributed by atoms with Gasteiger partial charge in [-0.25, -0.2) is 9.59 Å². The highest BCUT2D eigenvalue weighted by molar-refractivity contribution is 7.80. The van der Waals surface area contributed by atoms with Gasteiger partial charge in [-0.15, -0.1) is 0 Å². The number of carbonyl (C=O) groups is 2. The summed E-state index contributed by atoms with van der Waals surface area (Å²) >= 11 is 11.6. The summed E-state index contributed by atoms with van der Waals surface area (Å²) in [7, 11) is 2.74. The second-order valence-electron chi connectivity index (χ2n) is 5.69. The van der Waals surface area contributed by atoms with Crippen LogP contribution in [0.25, 0.3) is 0 Å². The Morgan fingerprint density at radius 1 is 1.29 bits per heavy atom. The molecule has 1 aromatic rings. The van der Waals surface area contributed by atoms with Gasteiger partial charge in [0.05, 0.1) is 37.5 Å². The summed E-state index contributed by atoms with van der Waals surface area (Å²) in [5.41, 5.74) is 1.53. The maximum atomic E-state index is 12.3. The SMILES string of the molecule is CCOC(=O)COc1c(Cl)cc([C@H]2NC(=S)NC(C)=C2C(=O)OC)cc1OC. The minimum atomic E-state index is -0.605. The number of esters is 2. The van der Waals surface area contributed by atoms with E-state index in [1.54, 1.807) is 26.0 Å². The molecule has 0 fully saturated rings. The van der Waals surface area contributed by atoms with E-state index in [0.717, 1.165) is 0 Å². The first kappa shape index (κ1) is 21.8. The first-order valence-electron chi connectivity index (χ1n) is 8.34. The van der Waals surface area contributed by atoms with Crippen molar-refractivity contribution in [3.05, 3.63) is 34.0 Å². The molecule has 0 saturated carbocycles. The highest BCUT2D eigenvalue weighted by Crippen LogP contribution is 2.40. The van der Waals surface area contributed by atoms with Crippen molar-refractivity contribution in [2.75, 3.05) is 27.4 Å². The lowest BCUT2D eigenvalue weighted by Crippen LogP contribution is -2.45. The van der Waals surface area contributed by atoms with Gasteiger partial charge in [-0.1, -0.05) is 11.6 Å². The summed E-state index contributed by atoms with van der Waals surface area (Å²) < 4.78 is 20.5. The van der Waals surface area contributed by atoms with Crippen LogP contribution in [0.1, 0.15) is 25.5 Å². The van der Waals surface area contributed by atoms with E-state index in [0.29, 0.717) is 27.7 Å². The van der Waals surface area contributed by atoms with Crippen LogP contribution in [-0.4, -0.2) is 44.5 Å². The van der Waals surface area contributed by atoms with Crippen LogP contribution in [0.4, 0.5) is 0 Å². The fourth-order valence-corrected chi connectivity index (χ4v) is 3.25. The second-order valence-corrected chi connectivity index (χ2v) is 6.50. The van der Waals surface area contributed by atoms with Crippen LogP contribution in [0.3, 0.4) is 0 Å². The van der Waals surface area contributed by atoms with E-state index in [2.05, 4.69) is 10.6 Å². The van der Waals surface area contributed by atoms with E-state index in [4.69, 9.17) is 42.8 Å². The zero-order chi connectivity index (χ0) is 20.8. The zero-order valence-electron chi connectivity index (χ0n) is 15.9. The molecule has 0 aromatic heterocycles. The number of carbonyl (C=O) groups excluding carboxylic acids is 2. The van der Waals surface area contributed by atoms with Gasteiger partial charge in [-0.2, -0.15) is 0 Å². The van der Waals surface area contributed by atoms with E-state index < -0.39 is 18.0 Å². The Labute approximate surface area is 173 Å². The predicted molar refractivity (Wildman–Crippen MR) is 106 cm³/mol. The molecule has 0 radical (unpaired) electrons. The molecular formula is C18H21ClN2O6S. The first-order valence-corrected chi connectivity index (χ1v) is 9.13. The molecule has 0 saturated heterocycles. The Morgan fingerprint density at radius 2 is 2.00 bits per heavy atom. The molecular weight excluding hydrogens is 408 g/mol. The number of allylic oxidation sites excluding steroid dienone is 1. The predicted octanol–water partition coefficient (Wildman–Crippen LogP) is 2.26. The summed E-state index contributed by atoms with van der Waals surface area (Å²) in [6.45, 7) is 3.35. The fraction of sp³-hybridized carbons (Fsp3) is 0.389. The van der Waals surface area contributed by atoms with Crippen molar-refractivity contribution in [3.8, 4) is 11.5 Å². The summed E-state index contributed by atoms with van der Waals surface area (Å²) in [5, 5.41) is 6.48. The number of methoxy groups -OCH3 is 2. The number of ether oxygens (including phenoxy) is 4. The molecule has 10 heteroatoms. The van der Waals surface area contributed by atoms with Gasteiger partial charge in [0.15, 0.2) is 23.2 Å². The van der Waals surface area contributed by atoms with Crippen molar-refractivity contribution >= 4 is 40.9 Å². The van der Waals surface area contributed by atoms with Crippen molar-refractivity contribution in [2.24, 2.45) is 0 Å². The molecule has 1 aromatic carbocycles. The molecule has 0 spiro atoms. The van der Waals surface area contributed by atoms with Gasteiger partial charge in [0, 0.05) is 5.70 Å². The molecule has 28 heavy (non-hydrogen) atoms. The molecule has 2 rings (SSSR count). The maximum absolute atomic E-state index is 12.3. The largest absolute Gasteiger partial charge is 0.493 e. The minimum absolute atomic E-state index is 0.192. The monoisotopic (exact) mass is 428 g/mol. The number of halogens is 1. The summed E-state index contributed by atoms with van der Waals surface area (Å²) in [6, 6.07) is 2.65. The summed E-state index contributed by atoms with van der Waals surface area (Å²) in [6.07, 6.45) is 0. The van der Waals surface area contributed by atoms with Crippen molar-refractivity contribution in [1.29, 1.82) is 0 Å². The average molecular weight is 429 g/mol. The second kappa shape index (κ2) is 9.61. The van der Waals surface area contributed by atoms with Gasteiger partial charge in [0.2, 0.25) is 0 Å². The quantitative estimate of drug-likeness (QED) is 0.500. The number of hydrogen-bond donors (Lipinski definition) is 2. The highest BCUT2D eigenvalue weighted by atomic mass is 35.5. The smallest absolute Gasteiger partial charge is 0.344 e. The van der Waals surface area contributed by atoms with Crippen LogP contribution in [0.2, 0.25) is 5.02 Å². The van der Waals surface area contributed by atoms with Crippen LogP contribution in [0.15, 0.2) is 23.4 Å². The molecule has 152 valence electrons. The third-order valence-electron chi connectivity index (χ3n) is 3.90. The van der Waals surface area contributed by atoms with Crippen molar-refractivity contribution in [3.63, 3.8) is 0 Å². The number of benzene rings is 1. The normalized spacial score (nSPS) is 16.0. The third-order valence-corrected chi connectivity index (χ3v) is 4.40. The van der Waals surface area contributed by atoms with Crippen LogP contribution in [0, 0.1) is 0 Å². The van der Waals surface area contributed by atoms with E-state index in [1.165, 1.54) is 14.2 Å². The van der Waals surface area contributed by atoms with E-state index in [-0.39, 0.29) is 24.0 Å². The van der Waals surface area contributed by atoms with Gasteiger partial charge in [0.25, 0.3) is 0 Å². The van der Waals surface area contributed by atoms with Gasteiger partial charge in [-0.05, 0) is 43.8 Å². The van der Waals surface area contributed by atoms with Crippen LogP contribution in [-0.2, 0) is 19.1 Å². The summed E-state index contributed by atoms with van der Waals surface area (Å²) in [4.78, 5) is 23.8. The molecule has 0 unspecified atom stereocenters. The topological polar surface area (TPSA) is 95.1 Å². The highest BCUT2D eigenvalue weighted by Gasteiger charge is 2.32. The fourth-order valence-electron chi connectivity index (χ4n) is 2.70. The molecule has 1 heterocycles. The van der Waals surface area contributed by atoms with E-state index >= 15 is 0 Å². The molecule has 2 N–H and O–H groups in total. The van der Waals surface area contributed by atoms with Crippen molar-refractivity contribution in [1.82, 2.24) is 10.6 Å². The van der Waals surface area contributed by atoms with E-state index in [1.807, 2.05) is 0 Å². The van der Waals surface area contributed by atoms with E-state index in [9.17, 15) is 9.59 Å². The first-order chi connectivity index (χ1) is 13.3. The molecule has 0 amide bonds. The molecule has 1 atom stereocenters. The van der Waals surface area contributed by atoms with Crippen LogP contribution < -0.4 is 20.1 Å². The Morgan fingerprint density at radius 3 is 2.61 bits per heavy atom. The number of rotatable bonds is 7.